The highest BCUT2D eigenvalue weighted by atomic mass is 19.1. The molecule has 0 radical (unpaired) electrons. The van der Waals surface area contributed by atoms with Crippen molar-refractivity contribution in [3.8, 4) is 5.75 Å². The number of nitrogens with zero attached hydrogens (tertiary/aromatic N) is 1. The van der Waals surface area contributed by atoms with Crippen molar-refractivity contribution in [3.63, 3.8) is 0 Å². The minimum absolute atomic E-state index is 0.0266. The third-order valence-corrected chi connectivity index (χ3v) is 1.72. The highest BCUT2D eigenvalue weighted by Crippen LogP contribution is 2.18. The number of halogens is 1. The maximum atomic E-state index is 12.8. The maximum absolute atomic E-state index is 12.8. The van der Waals surface area contributed by atoms with E-state index in [4.69, 9.17) is 0 Å². The molecule has 1 aromatic rings. The summed E-state index contributed by atoms with van der Waals surface area (Å²) >= 11 is 0. The van der Waals surface area contributed by atoms with E-state index < -0.39 is 5.82 Å². The molecule has 0 spiro atoms. The van der Waals surface area contributed by atoms with Crippen LogP contribution in [0.4, 0.5) is 4.39 Å². The fourth-order valence-corrected chi connectivity index (χ4v) is 1.10. The molecule has 0 heterocycles. The van der Waals surface area contributed by atoms with Gasteiger partial charge >= 0.3 is 0 Å². The van der Waals surface area contributed by atoms with Crippen LogP contribution < -0.4 is 0 Å². The van der Waals surface area contributed by atoms with E-state index in [9.17, 15) is 14.3 Å². The minimum atomic E-state index is -0.523. The number of hydrogen-bond donors (Lipinski definition) is 1. The van der Waals surface area contributed by atoms with Crippen LogP contribution in [0.2, 0.25) is 0 Å². The lowest BCUT2D eigenvalue weighted by Crippen LogP contribution is -2.21. The average molecular weight is 197 g/mol. The monoisotopic (exact) mass is 197 g/mol. The Hall–Kier alpha value is -1.42. The molecule has 0 saturated carbocycles. The molecular weight excluding hydrogens is 185 g/mol. The number of carbonyl (C=O) groups excluding carboxylic acids is 1. The second-order valence-corrected chi connectivity index (χ2v) is 3.32. The first-order valence-electron chi connectivity index (χ1n) is 4.17. The zero-order chi connectivity index (χ0) is 10.7. The lowest BCUT2D eigenvalue weighted by Gasteiger charge is -2.09. The molecule has 3 nitrogen and oxygen atoms in total. The number of carbonyl (C=O) groups is 1. The Labute approximate surface area is 81.8 Å². The highest BCUT2D eigenvalue weighted by molar-refractivity contribution is 5.99. The van der Waals surface area contributed by atoms with Gasteiger partial charge in [0.05, 0.1) is 12.1 Å². The number of phenolic OH excluding ortho intramolecular Hbond substituents is 1. The van der Waals surface area contributed by atoms with Crippen LogP contribution in [-0.2, 0) is 0 Å². The van der Waals surface area contributed by atoms with E-state index in [1.54, 1.807) is 19.0 Å². The van der Waals surface area contributed by atoms with Gasteiger partial charge in [0, 0.05) is 0 Å². The van der Waals surface area contributed by atoms with Crippen molar-refractivity contribution in [1.29, 1.82) is 0 Å². The van der Waals surface area contributed by atoms with Crippen LogP contribution >= 0.6 is 0 Å². The summed E-state index contributed by atoms with van der Waals surface area (Å²) in [6.07, 6.45) is 0. The van der Waals surface area contributed by atoms with Crippen LogP contribution in [0.5, 0.6) is 5.75 Å². The number of benzene rings is 1. The van der Waals surface area contributed by atoms with Crippen LogP contribution in [0.15, 0.2) is 18.2 Å². The van der Waals surface area contributed by atoms with Gasteiger partial charge in [-0.2, -0.15) is 0 Å². The topological polar surface area (TPSA) is 40.5 Å². The molecule has 4 heteroatoms. The van der Waals surface area contributed by atoms with Gasteiger partial charge in [-0.3, -0.25) is 4.79 Å². The standard InChI is InChI=1S/C10H12FNO2/c1-12(2)6-10(14)8-5-7(11)3-4-9(8)13/h3-5,13H,6H2,1-2H3. The molecule has 1 rings (SSSR count). The number of ketones is 1. The second kappa shape index (κ2) is 4.19. The average Bonchev–Trinajstić information content (AvgIpc) is 2.08. The molecule has 76 valence electrons. The Morgan fingerprint density at radius 2 is 2.14 bits per heavy atom. The van der Waals surface area contributed by atoms with E-state index in [-0.39, 0.29) is 23.6 Å². The first-order chi connectivity index (χ1) is 6.50. The summed E-state index contributed by atoms with van der Waals surface area (Å²) in [6.45, 7) is 0.150. The van der Waals surface area contributed by atoms with Crippen molar-refractivity contribution in [3.05, 3.63) is 29.6 Å². The number of aromatic hydroxyl groups is 1. The molecule has 0 aliphatic heterocycles. The second-order valence-electron chi connectivity index (χ2n) is 3.32. The molecule has 0 bridgehead atoms. The Morgan fingerprint density at radius 3 is 2.71 bits per heavy atom. The van der Waals surface area contributed by atoms with Crippen molar-refractivity contribution in [2.75, 3.05) is 20.6 Å². The number of likely N-dealkylation sites (N-methyl/N-ethyl adjacent to an activating group) is 1. The van der Waals surface area contributed by atoms with Crippen molar-refractivity contribution < 1.29 is 14.3 Å². The van der Waals surface area contributed by atoms with E-state index in [1.807, 2.05) is 0 Å². The zero-order valence-electron chi connectivity index (χ0n) is 8.12. The smallest absolute Gasteiger partial charge is 0.180 e. The SMILES string of the molecule is CN(C)CC(=O)c1cc(F)ccc1O. The lowest BCUT2D eigenvalue weighted by molar-refractivity contribution is 0.0955. The summed E-state index contributed by atoms with van der Waals surface area (Å²) in [5.74, 6) is -1.00. The Bertz CT molecular complexity index is 350. The predicted octanol–water partition coefficient (Wildman–Crippen LogP) is 1.28. The first-order valence-corrected chi connectivity index (χ1v) is 4.17. The van der Waals surface area contributed by atoms with Gasteiger partial charge in [-0.1, -0.05) is 0 Å². The molecule has 0 amide bonds. The van der Waals surface area contributed by atoms with Crippen LogP contribution in [0.25, 0.3) is 0 Å². The third-order valence-electron chi connectivity index (χ3n) is 1.72. The lowest BCUT2D eigenvalue weighted by atomic mass is 10.1. The van der Waals surface area contributed by atoms with E-state index in [0.29, 0.717) is 0 Å². The van der Waals surface area contributed by atoms with Gasteiger partial charge in [0.25, 0.3) is 0 Å². The summed E-state index contributed by atoms with van der Waals surface area (Å²) in [6, 6.07) is 3.33. The van der Waals surface area contributed by atoms with Gasteiger partial charge < -0.3 is 10.0 Å². The van der Waals surface area contributed by atoms with Crippen LogP contribution in [0.3, 0.4) is 0 Å². The van der Waals surface area contributed by atoms with Crippen molar-refractivity contribution in [1.82, 2.24) is 4.90 Å². The van der Waals surface area contributed by atoms with Gasteiger partial charge in [-0.25, -0.2) is 4.39 Å². The van der Waals surface area contributed by atoms with Crippen molar-refractivity contribution in [2.45, 2.75) is 0 Å². The van der Waals surface area contributed by atoms with E-state index in [0.717, 1.165) is 12.1 Å². The van der Waals surface area contributed by atoms with E-state index in [1.165, 1.54) is 6.07 Å². The summed E-state index contributed by atoms with van der Waals surface area (Å²) in [4.78, 5) is 13.1. The van der Waals surface area contributed by atoms with Gasteiger partial charge in [0.1, 0.15) is 11.6 Å². The predicted molar refractivity (Wildman–Crippen MR) is 50.9 cm³/mol. The molecule has 0 aliphatic rings. The van der Waals surface area contributed by atoms with Crippen molar-refractivity contribution in [2.24, 2.45) is 0 Å². The molecule has 0 aliphatic carbocycles. The summed E-state index contributed by atoms with van der Waals surface area (Å²) in [7, 11) is 3.46. The van der Waals surface area contributed by atoms with E-state index in [2.05, 4.69) is 0 Å². The highest BCUT2D eigenvalue weighted by Gasteiger charge is 2.12. The van der Waals surface area contributed by atoms with Crippen molar-refractivity contribution >= 4 is 5.78 Å². The van der Waals surface area contributed by atoms with Gasteiger partial charge in [-0.15, -0.1) is 0 Å². The van der Waals surface area contributed by atoms with Gasteiger partial charge in [0.2, 0.25) is 0 Å². The third kappa shape index (κ3) is 2.53. The Kier molecular flexibility index (Phi) is 3.19. The Balaban J connectivity index is 2.94. The molecular formula is C10H12FNO2. The van der Waals surface area contributed by atoms with Crippen LogP contribution in [0, 0.1) is 5.82 Å². The molecule has 0 saturated heterocycles. The summed E-state index contributed by atoms with van der Waals surface area (Å²) < 4.78 is 12.8. The number of hydrogen-bond acceptors (Lipinski definition) is 3. The maximum Gasteiger partial charge on any atom is 0.180 e. The normalized spacial score (nSPS) is 10.6. The summed E-state index contributed by atoms with van der Waals surface area (Å²) in [5.41, 5.74) is 0.0266. The van der Waals surface area contributed by atoms with Gasteiger partial charge in [-0.05, 0) is 32.3 Å². The molecule has 14 heavy (non-hydrogen) atoms. The molecule has 0 fully saturated rings. The Morgan fingerprint density at radius 1 is 1.50 bits per heavy atom. The molecule has 0 unspecified atom stereocenters. The minimum Gasteiger partial charge on any atom is -0.507 e. The zero-order valence-corrected chi connectivity index (χ0v) is 8.12. The fourth-order valence-electron chi connectivity index (χ4n) is 1.10. The van der Waals surface area contributed by atoms with Gasteiger partial charge in [0.15, 0.2) is 5.78 Å². The quantitative estimate of drug-likeness (QED) is 0.742. The number of phenols is 1. The summed E-state index contributed by atoms with van der Waals surface area (Å²) in [5, 5.41) is 9.31. The number of rotatable bonds is 3. The first kappa shape index (κ1) is 10.7. The molecule has 0 aromatic heterocycles. The van der Waals surface area contributed by atoms with Crippen LogP contribution in [-0.4, -0.2) is 36.4 Å². The molecule has 1 N–H and O–H groups in total. The molecule has 1 aromatic carbocycles. The number of Topliss-reactive ketones (excluding diaryl/α,β-unsaturated/α-hetero) is 1. The largest absolute Gasteiger partial charge is 0.507 e. The fraction of sp³-hybridized carbons (Fsp3) is 0.300. The van der Waals surface area contributed by atoms with Crippen LogP contribution in [0.1, 0.15) is 10.4 Å². The van der Waals surface area contributed by atoms with E-state index >= 15 is 0 Å². The molecule has 0 atom stereocenters.